The Hall–Kier alpha value is -2.17. The van der Waals surface area contributed by atoms with Crippen molar-refractivity contribution in [2.75, 3.05) is 0 Å². The Morgan fingerprint density at radius 3 is 2.84 bits per heavy atom. The maximum absolute atomic E-state index is 5.74. The molecule has 0 aliphatic rings. The van der Waals surface area contributed by atoms with Crippen molar-refractivity contribution in [1.29, 1.82) is 0 Å². The monoisotopic (exact) mass is 253 g/mol. The SMILES string of the molecule is Cc1ccncc1C(NN)c1coc2ccccc12. The van der Waals surface area contributed by atoms with Crippen molar-refractivity contribution in [3.63, 3.8) is 0 Å². The first kappa shape index (κ1) is 11.9. The van der Waals surface area contributed by atoms with E-state index < -0.39 is 0 Å². The van der Waals surface area contributed by atoms with Crippen LogP contribution in [0.4, 0.5) is 0 Å². The van der Waals surface area contributed by atoms with Gasteiger partial charge in [0.1, 0.15) is 5.58 Å². The molecule has 3 N–H and O–H groups in total. The quantitative estimate of drug-likeness (QED) is 0.556. The number of hydrogen-bond acceptors (Lipinski definition) is 4. The number of para-hydroxylation sites is 1. The molecule has 0 spiro atoms. The van der Waals surface area contributed by atoms with Crippen LogP contribution in [-0.2, 0) is 0 Å². The van der Waals surface area contributed by atoms with Crippen molar-refractivity contribution in [2.24, 2.45) is 5.84 Å². The van der Waals surface area contributed by atoms with E-state index >= 15 is 0 Å². The van der Waals surface area contributed by atoms with E-state index in [2.05, 4.69) is 10.4 Å². The maximum atomic E-state index is 5.74. The van der Waals surface area contributed by atoms with Gasteiger partial charge in [0.25, 0.3) is 0 Å². The summed E-state index contributed by atoms with van der Waals surface area (Å²) in [6.45, 7) is 2.05. The number of aromatic nitrogens is 1. The van der Waals surface area contributed by atoms with E-state index in [0.717, 1.165) is 27.7 Å². The zero-order valence-corrected chi connectivity index (χ0v) is 10.6. The Morgan fingerprint density at radius 2 is 2.05 bits per heavy atom. The molecule has 4 heteroatoms. The van der Waals surface area contributed by atoms with Crippen LogP contribution in [0.15, 0.2) is 53.4 Å². The van der Waals surface area contributed by atoms with Crippen molar-refractivity contribution >= 4 is 11.0 Å². The lowest BCUT2D eigenvalue weighted by atomic mass is 9.97. The van der Waals surface area contributed by atoms with Crippen molar-refractivity contribution in [3.05, 3.63) is 65.7 Å². The highest BCUT2D eigenvalue weighted by molar-refractivity contribution is 5.82. The molecule has 3 aromatic rings. The summed E-state index contributed by atoms with van der Waals surface area (Å²) in [5.74, 6) is 5.74. The van der Waals surface area contributed by atoms with Gasteiger partial charge >= 0.3 is 0 Å². The summed E-state index contributed by atoms with van der Waals surface area (Å²) in [5, 5.41) is 1.06. The van der Waals surface area contributed by atoms with Crippen LogP contribution < -0.4 is 11.3 Å². The van der Waals surface area contributed by atoms with E-state index in [-0.39, 0.29) is 6.04 Å². The van der Waals surface area contributed by atoms with E-state index in [1.165, 1.54) is 0 Å². The van der Waals surface area contributed by atoms with Crippen LogP contribution in [0.25, 0.3) is 11.0 Å². The maximum Gasteiger partial charge on any atom is 0.134 e. The highest BCUT2D eigenvalue weighted by atomic mass is 16.3. The van der Waals surface area contributed by atoms with E-state index in [9.17, 15) is 0 Å². The van der Waals surface area contributed by atoms with Crippen LogP contribution in [0.3, 0.4) is 0 Å². The molecule has 2 heterocycles. The second kappa shape index (κ2) is 4.84. The fraction of sp³-hybridized carbons (Fsp3) is 0.133. The molecule has 4 nitrogen and oxygen atoms in total. The van der Waals surface area contributed by atoms with Gasteiger partial charge in [-0.3, -0.25) is 10.8 Å². The lowest BCUT2D eigenvalue weighted by Crippen LogP contribution is -2.29. The number of aryl methyl sites for hydroxylation is 1. The standard InChI is InChI=1S/C15H15N3O/c1-10-6-7-17-8-12(10)15(18-16)13-9-19-14-5-3-2-4-11(13)14/h2-9,15,18H,16H2,1H3. The third-order valence-corrected chi connectivity index (χ3v) is 3.38. The van der Waals surface area contributed by atoms with Crippen LogP contribution in [0.2, 0.25) is 0 Å². The number of pyridine rings is 1. The first-order valence-electron chi connectivity index (χ1n) is 6.14. The first-order chi connectivity index (χ1) is 9.31. The number of benzene rings is 1. The zero-order valence-electron chi connectivity index (χ0n) is 10.6. The zero-order chi connectivity index (χ0) is 13.2. The molecule has 1 aromatic carbocycles. The average Bonchev–Trinajstić information content (AvgIpc) is 2.86. The molecule has 1 unspecified atom stereocenters. The number of nitrogens with two attached hydrogens (primary N) is 1. The van der Waals surface area contributed by atoms with Crippen molar-refractivity contribution in [2.45, 2.75) is 13.0 Å². The molecular formula is C15H15N3O. The first-order valence-corrected chi connectivity index (χ1v) is 6.14. The topological polar surface area (TPSA) is 64.1 Å². The summed E-state index contributed by atoms with van der Waals surface area (Å²) in [5.41, 5.74) is 6.93. The third kappa shape index (κ3) is 2.01. The van der Waals surface area contributed by atoms with Gasteiger partial charge in [0.2, 0.25) is 0 Å². The Balaban J connectivity index is 2.15. The highest BCUT2D eigenvalue weighted by Crippen LogP contribution is 2.30. The predicted octanol–water partition coefficient (Wildman–Crippen LogP) is 2.69. The Kier molecular flexibility index (Phi) is 3.03. The summed E-state index contributed by atoms with van der Waals surface area (Å²) >= 11 is 0. The van der Waals surface area contributed by atoms with Gasteiger partial charge in [-0.05, 0) is 30.2 Å². The Morgan fingerprint density at radius 1 is 1.21 bits per heavy atom. The Bertz CT molecular complexity index is 705. The second-order valence-corrected chi connectivity index (χ2v) is 4.52. The molecular weight excluding hydrogens is 238 g/mol. The van der Waals surface area contributed by atoms with Crippen molar-refractivity contribution in [3.8, 4) is 0 Å². The lowest BCUT2D eigenvalue weighted by Gasteiger charge is -2.17. The summed E-state index contributed by atoms with van der Waals surface area (Å²) in [4.78, 5) is 4.18. The van der Waals surface area contributed by atoms with E-state index in [1.54, 1.807) is 12.5 Å². The predicted molar refractivity (Wildman–Crippen MR) is 74.4 cm³/mol. The smallest absolute Gasteiger partial charge is 0.134 e. The normalized spacial score (nSPS) is 12.7. The summed E-state index contributed by atoms with van der Waals surface area (Å²) in [7, 11) is 0. The molecule has 0 saturated carbocycles. The number of hydrogen-bond donors (Lipinski definition) is 2. The van der Waals surface area contributed by atoms with Crippen LogP contribution >= 0.6 is 0 Å². The van der Waals surface area contributed by atoms with Crippen LogP contribution in [0.1, 0.15) is 22.7 Å². The minimum atomic E-state index is -0.127. The highest BCUT2D eigenvalue weighted by Gasteiger charge is 2.19. The number of fused-ring (bicyclic) bond motifs is 1. The average molecular weight is 253 g/mol. The molecule has 2 aromatic heterocycles. The molecule has 0 fully saturated rings. The number of nitrogens with one attached hydrogen (secondary N) is 1. The largest absolute Gasteiger partial charge is 0.464 e. The molecule has 96 valence electrons. The van der Waals surface area contributed by atoms with Gasteiger partial charge < -0.3 is 4.42 Å². The molecule has 19 heavy (non-hydrogen) atoms. The number of furan rings is 1. The van der Waals surface area contributed by atoms with Gasteiger partial charge in [-0.15, -0.1) is 0 Å². The molecule has 0 saturated heterocycles. The van der Waals surface area contributed by atoms with Gasteiger partial charge in [-0.25, -0.2) is 5.43 Å². The fourth-order valence-corrected chi connectivity index (χ4v) is 2.35. The van der Waals surface area contributed by atoms with Crippen LogP contribution in [0.5, 0.6) is 0 Å². The summed E-state index contributed by atoms with van der Waals surface area (Å²) < 4.78 is 5.58. The van der Waals surface area contributed by atoms with E-state index in [1.807, 2.05) is 43.5 Å². The molecule has 0 bridgehead atoms. The van der Waals surface area contributed by atoms with Gasteiger partial charge in [0, 0.05) is 23.3 Å². The van der Waals surface area contributed by atoms with Crippen molar-refractivity contribution < 1.29 is 4.42 Å². The van der Waals surface area contributed by atoms with Gasteiger partial charge in [-0.1, -0.05) is 18.2 Å². The van der Waals surface area contributed by atoms with Crippen LogP contribution in [0, 0.1) is 6.92 Å². The Labute approximate surface area is 111 Å². The minimum Gasteiger partial charge on any atom is -0.464 e. The number of rotatable bonds is 3. The molecule has 0 aliphatic heterocycles. The van der Waals surface area contributed by atoms with E-state index in [4.69, 9.17) is 10.3 Å². The van der Waals surface area contributed by atoms with E-state index in [0.29, 0.717) is 0 Å². The van der Waals surface area contributed by atoms with Crippen molar-refractivity contribution in [1.82, 2.24) is 10.4 Å². The second-order valence-electron chi connectivity index (χ2n) is 4.52. The fourth-order valence-electron chi connectivity index (χ4n) is 2.35. The number of nitrogens with zero attached hydrogens (tertiary/aromatic N) is 1. The molecule has 1 atom stereocenters. The van der Waals surface area contributed by atoms with Gasteiger partial charge in [-0.2, -0.15) is 0 Å². The molecule has 3 rings (SSSR count). The number of hydrazine groups is 1. The molecule has 0 radical (unpaired) electrons. The van der Waals surface area contributed by atoms with Gasteiger partial charge in [0.15, 0.2) is 0 Å². The minimum absolute atomic E-state index is 0.127. The lowest BCUT2D eigenvalue weighted by molar-refractivity contribution is 0.584. The molecule has 0 aliphatic carbocycles. The summed E-state index contributed by atoms with van der Waals surface area (Å²) in [6.07, 6.45) is 5.36. The van der Waals surface area contributed by atoms with Crippen LogP contribution in [-0.4, -0.2) is 4.98 Å². The summed E-state index contributed by atoms with van der Waals surface area (Å²) in [6, 6.07) is 9.77. The molecule has 0 amide bonds. The third-order valence-electron chi connectivity index (χ3n) is 3.38. The van der Waals surface area contributed by atoms with Gasteiger partial charge in [0.05, 0.1) is 12.3 Å².